The fourth-order valence-corrected chi connectivity index (χ4v) is 2.24. The maximum absolute atomic E-state index is 12.1. The van der Waals surface area contributed by atoms with E-state index in [1.807, 2.05) is 24.3 Å². The third-order valence-corrected chi connectivity index (χ3v) is 3.05. The van der Waals surface area contributed by atoms with Gasteiger partial charge in [0.2, 0.25) is 5.28 Å². The lowest BCUT2D eigenvalue weighted by Gasteiger charge is -2.03. The molecule has 0 atom stereocenters. The van der Waals surface area contributed by atoms with Crippen molar-refractivity contribution in [2.24, 2.45) is 0 Å². The van der Waals surface area contributed by atoms with Crippen LogP contribution in [0.5, 0.6) is 0 Å². The molecule has 1 aromatic carbocycles. The Morgan fingerprint density at radius 1 is 1.15 bits per heavy atom. The van der Waals surface area contributed by atoms with Crippen LogP contribution in [0, 0.1) is 0 Å². The van der Waals surface area contributed by atoms with Gasteiger partial charge in [0, 0.05) is 17.0 Å². The van der Waals surface area contributed by atoms with Crippen LogP contribution >= 0.6 is 23.2 Å². The van der Waals surface area contributed by atoms with Crippen LogP contribution in [0.3, 0.4) is 0 Å². The maximum Gasteiger partial charge on any atom is 0.273 e. The van der Waals surface area contributed by atoms with Gasteiger partial charge >= 0.3 is 0 Å². The molecule has 0 aliphatic rings. The zero-order valence-electron chi connectivity index (χ0n) is 10.0. The van der Waals surface area contributed by atoms with Crippen molar-refractivity contribution in [3.05, 3.63) is 52.5 Å². The van der Waals surface area contributed by atoms with Crippen molar-refractivity contribution in [3.63, 3.8) is 0 Å². The fraction of sp³-hybridized carbons (Fsp3) is 0. The lowest BCUT2D eigenvalue weighted by atomic mass is 10.2. The molecule has 2 aromatic heterocycles. The zero-order chi connectivity index (χ0) is 14.1. The smallest absolute Gasteiger partial charge is 0.273 e. The Kier molecular flexibility index (Phi) is 3.30. The van der Waals surface area contributed by atoms with Crippen molar-refractivity contribution in [2.45, 2.75) is 0 Å². The second-order valence-corrected chi connectivity index (χ2v) is 4.79. The fourth-order valence-electron chi connectivity index (χ4n) is 1.83. The van der Waals surface area contributed by atoms with Crippen LogP contribution in [-0.4, -0.2) is 20.9 Å². The van der Waals surface area contributed by atoms with Crippen LogP contribution in [-0.2, 0) is 0 Å². The first-order chi connectivity index (χ1) is 9.61. The highest BCUT2D eigenvalue weighted by Gasteiger charge is 2.11. The van der Waals surface area contributed by atoms with E-state index in [-0.39, 0.29) is 22.2 Å². The minimum Gasteiger partial charge on any atom is -0.351 e. The van der Waals surface area contributed by atoms with E-state index >= 15 is 0 Å². The van der Waals surface area contributed by atoms with Crippen molar-refractivity contribution in [2.75, 3.05) is 5.32 Å². The van der Waals surface area contributed by atoms with E-state index in [9.17, 15) is 4.79 Å². The summed E-state index contributed by atoms with van der Waals surface area (Å²) in [6, 6.07) is 10.8. The van der Waals surface area contributed by atoms with Gasteiger partial charge in [-0.25, -0.2) is 9.97 Å². The Morgan fingerprint density at radius 3 is 2.70 bits per heavy atom. The summed E-state index contributed by atoms with van der Waals surface area (Å²) in [4.78, 5) is 22.7. The molecule has 0 spiro atoms. The average molecular weight is 307 g/mol. The molecule has 1 amide bonds. The summed E-state index contributed by atoms with van der Waals surface area (Å²) in [7, 11) is 0. The number of aromatic amines is 1. The van der Waals surface area contributed by atoms with Gasteiger partial charge in [-0.2, -0.15) is 0 Å². The molecular weight excluding hydrogens is 299 g/mol. The van der Waals surface area contributed by atoms with Gasteiger partial charge in [0.05, 0.1) is 0 Å². The minimum atomic E-state index is -0.327. The van der Waals surface area contributed by atoms with Crippen molar-refractivity contribution in [1.82, 2.24) is 15.0 Å². The summed E-state index contributed by atoms with van der Waals surface area (Å²) >= 11 is 11.4. The van der Waals surface area contributed by atoms with Gasteiger partial charge in [-0.05, 0) is 23.7 Å². The van der Waals surface area contributed by atoms with Crippen LogP contribution in [0.25, 0.3) is 10.9 Å². The summed E-state index contributed by atoms with van der Waals surface area (Å²) in [5, 5.41) is 3.71. The van der Waals surface area contributed by atoms with Gasteiger partial charge in [0.15, 0.2) is 0 Å². The van der Waals surface area contributed by atoms with Crippen LogP contribution in [0.4, 0.5) is 5.82 Å². The molecule has 3 rings (SSSR count). The quantitative estimate of drug-likeness (QED) is 0.562. The first-order valence-electron chi connectivity index (χ1n) is 5.71. The zero-order valence-corrected chi connectivity index (χ0v) is 11.5. The van der Waals surface area contributed by atoms with Crippen LogP contribution in [0.1, 0.15) is 10.5 Å². The highest BCUT2D eigenvalue weighted by atomic mass is 35.5. The van der Waals surface area contributed by atoms with Crippen molar-refractivity contribution in [3.8, 4) is 0 Å². The van der Waals surface area contributed by atoms with Crippen molar-refractivity contribution in [1.29, 1.82) is 0 Å². The SMILES string of the molecule is O=C(Nc1cc(Cl)nc(Cl)n1)c1cc2ccccc2[nH]1. The number of nitrogens with zero attached hydrogens (tertiary/aromatic N) is 2. The molecule has 20 heavy (non-hydrogen) atoms. The van der Waals surface area contributed by atoms with E-state index in [1.54, 1.807) is 6.07 Å². The van der Waals surface area contributed by atoms with E-state index in [1.165, 1.54) is 6.07 Å². The third-order valence-electron chi connectivity index (χ3n) is 2.68. The summed E-state index contributed by atoms with van der Waals surface area (Å²) in [6.07, 6.45) is 0. The lowest BCUT2D eigenvalue weighted by Crippen LogP contribution is -2.13. The van der Waals surface area contributed by atoms with Gasteiger partial charge < -0.3 is 10.3 Å². The molecule has 0 fully saturated rings. The molecule has 0 aliphatic heterocycles. The normalized spacial score (nSPS) is 10.7. The molecule has 2 heterocycles. The molecule has 3 aromatic rings. The molecular formula is C13H8Cl2N4O. The Bertz CT molecular complexity index is 747. The van der Waals surface area contributed by atoms with E-state index in [0.717, 1.165) is 10.9 Å². The number of hydrogen-bond acceptors (Lipinski definition) is 3. The number of nitrogens with one attached hydrogen (secondary N) is 2. The number of carbonyl (C=O) groups excluding carboxylic acids is 1. The highest BCUT2D eigenvalue weighted by molar-refractivity contribution is 6.32. The molecule has 100 valence electrons. The number of halogens is 2. The number of benzene rings is 1. The maximum atomic E-state index is 12.1. The molecule has 5 nitrogen and oxygen atoms in total. The molecule has 0 unspecified atom stereocenters. The molecule has 0 saturated carbocycles. The molecule has 7 heteroatoms. The first kappa shape index (κ1) is 12.9. The number of fused-ring (bicyclic) bond motifs is 1. The third kappa shape index (κ3) is 2.59. The second-order valence-electron chi connectivity index (χ2n) is 4.07. The van der Waals surface area contributed by atoms with Gasteiger partial charge in [-0.3, -0.25) is 4.79 Å². The molecule has 0 saturated heterocycles. The van der Waals surface area contributed by atoms with Crippen LogP contribution < -0.4 is 5.32 Å². The monoisotopic (exact) mass is 306 g/mol. The Morgan fingerprint density at radius 2 is 1.95 bits per heavy atom. The predicted octanol–water partition coefficient (Wildman–Crippen LogP) is 3.52. The summed E-state index contributed by atoms with van der Waals surface area (Å²) in [5.74, 6) is -0.0781. The average Bonchev–Trinajstić information content (AvgIpc) is 2.81. The topological polar surface area (TPSA) is 70.7 Å². The lowest BCUT2D eigenvalue weighted by molar-refractivity contribution is 0.102. The van der Waals surface area contributed by atoms with E-state index in [0.29, 0.717) is 5.69 Å². The number of amides is 1. The molecule has 0 aliphatic carbocycles. The largest absolute Gasteiger partial charge is 0.351 e. The number of aromatic nitrogens is 3. The van der Waals surface area contributed by atoms with Crippen LogP contribution in [0.2, 0.25) is 10.4 Å². The van der Waals surface area contributed by atoms with Crippen molar-refractivity contribution < 1.29 is 4.79 Å². The number of rotatable bonds is 2. The first-order valence-corrected chi connectivity index (χ1v) is 6.46. The van der Waals surface area contributed by atoms with Gasteiger partial charge in [0.25, 0.3) is 5.91 Å². The Hall–Kier alpha value is -2.11. The predicted molar refractivity (Wildman–Crippen MR) is 78.3 cm³/mol. The number of H-pyrrole nitrogens is 1. The van der Waals surface area contributed by atoms with Crippen LogP contribution in [0.15, 0.2) is 36.4 Å². The number of hydrogen-bond donors (Lipinski definition) is 2. The van der Waals surface area contributed by atoms with E-state index in [4.69, 9.17) is 23.2 Å². The van der Waals surface area contributed by atoms with E-state index < -0.39 is 0 Å². The standard InChI is InChI=1S/C13H8Cl2N4O/c14-10-6-11(19-13(15)17-10)18-12(20)9-5-7-3-1-2-4-8(7)16-9/h1-6,16H,(H,17,18,19,20). The van der Waals surface area contributed by atoms with Gasteiger partial charge in [-0.15, -0.1) is 0 Å². The minimum absolute atomic E-state index is 0.0237. The second kappa shape index (κ2) is 5.11. The molecule has 0 radical (unpaired) electrons. The number of anilines is 1. The highest BCUT2D eigenvalue weighted by Crippen LogP contribution is 2.17. The van der Waals surface area contributed by atoms with Gasteiger partial charge in [0.1, 0.15) is 16.7 Å². The summed E-state index contributed by atoms with van der Waals surface area (Å²) in [6.45, 7) is 0. The molecule has 2 N–H and O–H groups in total. The summed E-state index contributed by atoms with van der Waals surface area (Å²) < 4.78 is 0. The van der Waals surface area contributed by atoms with Crippen molar-refractivity contribution >= 4 is 45.8 Å². The summed E-state index contributed by atoms with van der Waals surface area (Å²) in [5.41, 5.74) is 1.31. The Balaban J connectivity index is 1.88. The number of para-hydroxylation sites is 1. The Labute approximate surface area is 124 Å². The van der Waals surface area contributed by atoms with Gasteiger partial charge in [-0.1, -0.05) is 29.8 Å². The van der Waals surface area contributed by atoms with E-state index in [2.05, 4.69) is 20.3 Å². The molecule has 0 bridgehead atoms. The number of carbonyl (C=O) groups is 1.